The summed E-state index contributed by atoms with van der Waals surface area (Å²) in [4.78, 5) is 24.7. The number of aliphatic carboxylic acids is 1. The summed E-state index contributed by atoms with van der Waals surface area (Å²) in [5.74, 6) is -1.85. The third-order valence-corrected chi connectivity index (χ3v) is 2.92. The zero-order valence-corrected chi connectivity index (χ0v) is 10.5. The van der Waals surface area contributed by atoms with Crippen LogP contribution in [0, 0.1) is 5.92 Å². The molecule has 2 atom stereocenters. The number of ether oxygens (including phenoxy) is 1. The Balaban J connectivity index is 2.87. The van der Waals surface area contributed by atoms with Gasteiger partial charge in [0, 0.05) is 6.54 Å². The smallest absolute Gasteiger partial charge is 0.311 e. The van der Waals surface area contributed by atoms with Crippen LogP contribution in [0.5, 0.6) is 0 Å². The molecule has 1 fully saturated rings. The van der Waals surface area contributed by atoms with Crippen molar-refractivity contribution in [2.45, 2.75) is 32.4 Å². The van der Waals surface area contributed by atoms with Crippen LogP contribution in [0.25, 0.3) is 0 Å². The van der Waals surface area contributed by atoms with E-state index in [0.717, 1.165) is 0 Å². The maximum absolute atomic E-state index is 12.1. The summed E-state index contributed by atoms with van der Waals surface area (Å²) in [7, 11) is 0. The Bertz CT molecular complexity index is 311. The van der Waals surface area contributed by atoms with Crippen LogP contribution in [-0.4, -0.2) is 53.2 Å². The standard InChI is InChI=1S/C11H20N2O4/c1-4-13(10(16)11(2,3)12)8-6-17-5-7(8)9(14)15/h7-8H,4-6,12H2,1-3H3,(H,14,15). The first-order valence-corrected chi connectivity index (χ1v) is 5.69. The lowest BCUT2D eigenvalue weighted by atomic mass is 9.98. The molecule has 0 saturated carbocycles. The Morgan fingerprint density at radius 3 is 2.47 bits per heavy atom. The molecular weight excluding hydrogens is 224 g/mol. The first kappa shape index (κ1) is 13.9. The van der Waals surface area contributed by atoms with Gasteiger partial charge >= 0.3 is 5.97 Å². The van der Waals surface area contributed by atoms with Crippen molar-refractivity contribution < 1.29 is 19.4 Å². The number of carbonyl (C=O) groups excluding carboxylic acids is 1. The number of rotatable bonds is 4. The highest BCUT2D eigenvalue weighted by molar-refractivity contribution is 5.86. The van der Waals surface area contributed by atoms with E-state index in [1.807, 2.05) is 0 Å². The fourth-order valence-electron chi connectivity index (χ4n) is 1.98. The Morgan fingerprint density at radius 2 is 2.06 bits per heavy atom. The monoisotopic (exact) mass is 244 g/mol. The van der Waals surface area contributed by atoms with Crippen molar-refractivity contribution in [1.82, 2.24) is 4.90 Å². The zero-order chi connectivity index (χ0) is 13.2. The molecule has 1 saturated heterocycles. The van der Waals surface area contributed by atoms with Gasteiger partial charge < -0.3 is 20.5 Å². The second-order valence-corrected chi connectivity index (χ2v) is 4.86. The second-order valence-electron chi connectivity index (χ2n) is 4.86. The Hall–Kier alpha value is -1.14. The van der Waals surface area contributed by atoms with Crippen LogP contribution >= 0.6 is 0 Å². The molecule has 0 radical (unpaired) electrons. The van der Waals surface area contributed by atoms with Gasteiger partial charge in [0.15, 0.2) is 0 Å². The van der Waals surface area contributed by atoms with E-state index in [1.165, 1.54) is 4.90 Å². The molecule has 1 amide bonds. The lowest BCUT2D eigenvalue weighted by molar-refractivity contribution is -0.146. The average Bonchev–Trinajstić information content (AvgIpc) is 2.66. The van der Waals surface area contributed by atoms with Gasteiger partial charge in [-0.15, -0.1) is 0 Å². The van der Waals surface area contributed by atoms with Crippen LogP contribution in [0.1, 0.15) is 20.8 Å². The summed E-state index contributed by atoms with van der Waals surface area (Å²) >= 11 is 0. The number of carboxylic acid groups (broad SMARTS) is 1. The number of hydrogen-bond acceptors (Lipinski definition) is 4. The molecule has 0 aromatic rings. The SMILES string of the molecule is CCN(C(=O)C(C)(C)N)C1COCC1C(=O)O. The van der Waals surface area contributed by atoms with Gasteiger partial charge in [0.25, 0.3) is 0 Å². The lowest BCUT2D eigenvalue weighted by Crippen LogP contribution is -2.56. The predicted octanol–water partition coefficient (Wildman–Crippen LogP) is -0.328. The molecule has 98 valence electrons. The summed E-state index contributed by atoms with van der Waals surface area (Å²) in [5.41, 5.74) is 4.77. The minimum Gasteiger partial charge on any atom is -0.481 e. The minimum absolute atomic E-state index is 0.148. The molecule has 1 aliphatic rings. The molecule has 0 aromatic carbocycles. The quantitative estimate of drug-likeness (QED) is 0.706. The van der Waals surface area contributed by atoms with Gasteiger partial charge in [-0.2, -0.15) is 0 Å². The van der Waals surface area contributed by atoms with Crippen LogP contribution in [0.2, 0.25) is 0 Å². The van der Waals surface area contributed by atoms with Crippen molar-refractivity contribution in [3.8, 4) is 0 Å². The highest BCUT2D eigenvalue weighted by Crippen LogP contribution is 2.22. The topological polar surface area (TPSA) is 92.9 Å². The second kappa shape index (κ2) is 5.01. The molecule has 17 heavy (non-hydrogen) atoms. The van der Waals surface area contributed by atoms with E-state index in [-0.39, 0.29) is 19.1 Å². The normalized spacial score (nSPS) is 24.7. The highest BCUT2D eigenvalue weighted by Gasteiger charge is 2.41. The Labute approximate surface area is 101 Å². The summed E-state index contributed by atoms with van der Waals surface area (Å²) in [6.45, 7) is 5.87. The largest absolute Gasteiger partial charge is 0.481 e. The van der Waals surface area contributed by atoms with Crippen molar-refractivity contribution >= 4 is 11.9 Å². The van der Waals surface area contributed by atoms with Crippen molar-refractivity contribution in [2.75, 3.05) is 19.8 Å². The summed E-state index contributed by atoms with van der Waals surface area (Å²) in [5, 5.41) is 9.06. The van der Waals surface area contributed by atoms with Crippen LogP contribution in [-0.2, 0) is 14.3 Å². The highest BCUT2D eigenvalue weighted by atomic mass is 16.5. The molecule has 1 rings (SSSR count). The van der Waals surface area contributed by atoms with Gasteiger partial charge in [0.05, 0.1) is 24.8 Å². The molecule has 0 aliphatic carbocycles. The molecule has 0 aromatic heterocycles. The molecule has 6 nitrogen and oxygen atoms in total. The van der Waals surface area contributed by atoms with Crippen LogP contribution < -0.4 is 5.73 Å². The van der Waals surface area contributed by atoms with Crippen molar-refractivity contribution in [2.24, 2.45) is 11.7 Å². The third-order valence-electron chi connectivity index (χ3n) is 2.92. The number of nitrogens with two attached hydrogens (primary N) is 1. The predicted molar refractivity (Wildman–Crippen MR) is 61.4 cm³/mol. The van der Waals surface area contributed by atoms with Crippen LogP contribution in [0.15, 0.2) is 0 Å². The van der Waals surface area contributed by atoms with Crippen LogP contribution in [0.3, 0.4) is 0 Å². The number of likely N-dealkylation sites (N-methyl/N-ethyl adjacent to an activating group) is 1. The molecule has 0 spiro atoms. The molecule has 0 bridgehead atoms. The van der Waals surface area contributed by atoms with Gasteiger partial charge in [-0.1, -0.05) is 0 Å². The Morgan fingerprint density at radius 1 is 1.47 bits per heavy atom. The summed E-state index contributed by atoms with van der Waals surface area (Å²) in [6.07, 6.45) is 0. The Kier molecular flexibility index (Phi) is 4.11. The molecular formula is C11H20N2O4. The molecule has 2 unspecified atom stereocenters. The van der Waals surface area contributed by atoms with Crippen molar-refractivity contribution in [1.29, 1.82) is 0 Å². The first-order valence-electron chi connectivity index (χ1n) is 5.69. The third kappa shape index (κ3) is 2.95. The molecule has 3 N–H and O–H groups in total. The van der Waals surface area contributed by atoms with E-state index < -0.39 is 23.5 Å². The fourth-order valence-corrected chi connectivity index (χ4v) is 1.98. The van der Waals surface area contributed by atoms with Gasteiger partial charge in [-0.3, -0.25) is 9.59 Å². The van der Waals surface area contributed by atoms with E-state index in [1.54, 1.807) is 20.8 Å². The van der Waals surface area contributed by atoms with E-state index in [2.05, 4.69) is 0 Å². The van der Waals surface area contributed by atoms with Crippen molar-refractivity contribution in [3.63, 3.8) is 0 Å². The maximum atomic E-state index is 12.1. The van der Waals surface area contributed by atoms with Gasteiger partial charge in [0.2, 0.25) is 5.91 Å². The number of nitrogens with zero attached hydrogens (tertiary/aromatic N) is 1. The first-order chi connectivity index (χ1) is 7.79. The van der Waals surface area contributed by atoms with E-state index in [0.29, 0.717) is 6.54 Å². The van der Waals surface area contributed by atoms with Crippen molar-refractivity contribution in [3.05, 3.63) is 0 Å². The number of hydrogen-bond donors (Lipinski definition) is 2. The van der Waals surface area contributed by atoms with E-state index in [4.69, 9.17) is 15.6 Å². The number of amides is 1. The number of carbonyl (C=O) groups is 2. The lowest BCUT2D eigenvalue weighted by Gasteiger charge is -2.34. The van der Waals surface area contributed by atoms with Crippen LogP contribution in [0.4, 0.5) is 0 Å². The molecule has 6 heteroatoms. The number of carboxylic acids is 1. The van der Waals surface area contributed by atoms with E-state index >= 15 is 0 Å². The minimum atomic E-state index is -0.998. The molecule has 1 heterocycles. The maximum Gasteiger partial charge on any atom is 0.311 e. The average molecular weight is 244 g/mol. The van der Waals surface area contributed by atoms with Gasteiger partial charge in [0.1, 0.15) is 5.92 Å². The summed E-state index contributed by atoms with van der Waals surface area (Å²) < 4.78 is 5.16. The molecule has 1 aliphatic heterocycles. The summed E-state index contributed by atoms with van der Waals surface area (Å²) in [6, 6.07) is -0.423. The van der Waals surface area contributed by atoms with Gasteiger partial charge in [-0.05, 0) is 20.8 Å². The fraction of sp³-hybridized carbons (Fsp3) is 0.818. The zero-order valence-electron chi connectivity index (χ0n) is 10.5. The van der Waals surface area contributed by atoms with Gasteiger partial charge in [-0.25, -0.2) is 0 Å². The van der Waals surface area contributed by atoms with E-state index in [9.17, 15) is 9.59 Å².